The van der Waals surface area contributed by atoms with Gasteiger partial charge < -0.3 is 15.5 Å². The van der Waals surface area contributed by atoms with Gasteiger partial charge in [-0.1, -0.05) is 31.9 Å². The highest BCUT2D eigenvalue weighted by molar-refractivity contribution is 5.94. The Morgan fingerprint density at radius 3 is 2.68 bits per heavy atom. The van der Waals surface area contributed by atoms with Gasteiger partial charge in [-0.2, -0.15) is 0 Å². The van der Waals surface area contributed by atoms with Crippen molar-refractivity contribution in [2.75, 3.05) is 36.4 Å². The molecule has 4 heteroatoms. The molecule has 2 fully saturated rings. The zero-order valence-electron chi connectivity index (χ0n) is 15.6. The molecule has 0 bridgehead atoms. The van der Waals surface area contributed by atoms with Gasteiger partial charge in [0.1, 0.15) is 0 Å². The molecule has 2 unspecified atom stereocenters. The van der Waals surface area contributed by atoms with E-state index in [2.05, 4.69) is 34.6 Å². The average Bonchev–Trinajstić information content (AvgIpc) is 2.92. The van der Waals surface area contributed by atoms with Crippen molar-refractivity contribution in [2.24, 2.45) is 11.8 Å². The third-order valence-electron chi connectivity index (χ3n) is 5.77. The summed E-state index contributed by atoms with van der Waals surface area (Å²) >= 11 is 0. The van der Waals surface area contributed by atoms with E-state index in [9.17, 15) is 4.79 Å². The van der Waals surface area contributed by atoms with E-state index >= 15 is 0 Å². The first kappa shape index (κ1) is 18.2. The summed E-state index contributed by atoms with van der Waals surface area (Å²) in [6, 6.07) is 8.29. The fourth-order valence-corrected chi connectivity index (χ4v) is 4.19. The van der Waals surface area contributed by atoms with Crippen LogP contribution in [0.5, 0.6) is 0 Å². The quantitative estimate of drug-likeness (QED) is 0.848. The second-order valence-electron chi connectivity index (χ2n) is 7.75. The van der Waals surface area contributed by atoms with Crippen molar-refractivity contribution in [1.82, 2.24) is 5.32 Å². The van der Waals surface area contributed by atoms with Crippen molar-refractivity contribution in [3.63, 3.8) is 0 Å². The number of carbonyl (C=O) groups is 1. The van der Waals surface area contributed by atoms with Gasteiger partial charge in [0.2, 0.25) is 5.91 Å². The molecule has 1 amide bonds. The van der Waals surface area contributed by atoms with Gasteiger partial charge in [-0.05, 0) is 62.7 Å². The molecule has 25 heavy (non-hydrogen) atoms. The number of amides is 1. The number of benzene rings is 1. The average molecular weight is 344 g/mol. The van der Waals surface area contributed by atoms with Crippen molar-refractivity contribution in [3.8, 4) is 0 Å². The fraction of sp³-hybridized carbons (Fsp3) is 0.667. The Kier molecular flexibility index (Phi) is 6.74. The molecule has 1 aromatic carbocycles. The highest BCUT2D eigenvalue weighted by Crippen LogP contribution is 2.29. The van der Waals surface area contributed by atoms with Gasteiger partial charge in [-0.15, -0.1) is 0 Å². The molecule has 2 aliphatic rings. The third-order valence-corrected chi connectivity index (χ3v) is 5.77. The third kappa shape index (κ3) is 5.21. The Balaban J connectivity index is 1.60. The summed E-state index contributed by atoms with van der Waals surface area (Å²) < 4.78 is 0. The smallest absolute Gasteiger partial charge is 0.224 e. The molecule has 0 spiro atoms. The molecular weight excluding hydrogens is 310 g/mol. The molecule has 138 valence electrons. The Morgan fingerprint density at radius 2 is 1.96 bits per heavy atom. The van der Waals surface area contributed by atoms with Gasteiger partial charge in [0.15, 0.2) is 0 Å². The van der Waals surface area contributed by atoms with Crippen molar-refractivity contribution in [3.05, 3.63) is 24.3 Å². The van der Waals surface area contributed by atoms with E-state index in [0.29, 0.717) is 18.3 Å². The number of nitrogens with one attached hydrogen (secondary N) is 2. The summed E-state index contributed by atoms with van der Waals surface area (Å²) in [5.74, 6) is 1.21. The Hall–Kier alpha value is -1.55. The zero-order chi connectivity index (χ0) is 17.5. The molecule has 4 nitrogen and oxygen atoms in total. The largest absolute Gasteiger partial charge is 0.370 e. The maximum Gasteiger partial charge on any atom is 0.224 e. The number of para-hydroxylation sites is 2. The van der Waals surface area contributed by atoms with Crippen LogP contribution in [0.25, 0.3) is 0 Å². The van der Waals surface area contributed by atoms with Gasteiger partial charge in [0, 0.05) is 19.5 Å². The summed E-state index contributed by atoms with van der Waals surface area (Å²) in [6.45, 7) is 6.59. The van der Waals surface area contributed by atoms with E-state index in [-0.39, 0.29) is 5.91 Å². The molecule has 2 atom stereocenters. The topological polar surface area (TPSA) is 44.4 Å². The Labute approximate surface area is 152 Å². The molecule has 3 rings (SSSR count). The van der Waals surface area contributed by atoms with Gasteiger partial charge in [-0.3, -0.25) is 4.79 Å². The normalized spacial score (nSPS) is 22.9. The molecule has 0 aliphatic carbocycles. The van der Waals surface area contributed by atoms with E-state index in [1.807, 2.05) is 12.1 Å². The van der Waals surface area contributed by atoms with Crippen LogP contribution in [-0.2, 0) is 4.79 Å². The second-order valence-corrected chi connectivity index (χ2v) is 7.75. The molecule has 0 aromatic heterocycles. The number of carbonyl (C=O) groups excluding carboxylic acids is 1. The molecule has 1 aromatic rings. The van der Waals surface area contributed by atoms with Crippen LogP contribution in [0.1, 0.15) is 51.9 Å². The van der Waals surface area contributed by atoms with Crippen molar-refractivity contribution in [2.45, 2.75) is 51.9 Å². The van der Waals surface area contributed by atoms with E-state index < -0.39 is 0 Å². The molecule has 0 radical (unpaired) electrons. The van der Waals surface area contributed by atoms with Gasteiger partial charge in [-0.25, -0.2) is 0 Å². The highest BCUT2D eigenvalue weighted by atomic mass is 16.1. The molecule has 2 N–H and O–H groups in total. The van der Waals surface area contributed by atoms with Gasteiger partial charge >= 0.3 is 0 Å². The standard InChI is InChI=1S/C21H33N3O/c1-17(18-9-8-12-22-16-18)15-21(25)23-19-10-4-5-11-20(19)24-13-6-2-3-7-14-24/h4-5,10-11,17-18,22H,2-3,6-9,12-16H2,1H3,(H,23,25). The molecule has 0 saturated carbocycles. The van der Waals surface area contributed by atoms with Crippen molar-refractivity contribution < 1.29 is 4.79 Å². The first-order valence-electron chi connectivity index (χ1n) is 10.1. The SMILES string of the molecule is CC(CC(=O)Nc1ccccc1N1CCCCCC1)C1CCCNC1. The molecule has 2 aliphatic heterocycles. The summed E-state index contributed by atoms with van der Waals surface area (Å²) in [4.78, 5) is 15.1. The van der Waals surface area contributed by atoms with Crippen LogP contribution in [0.4, 0.5) is 11.4 Å². The lowest BCUT2D eigenvalue weighted by Gasteiger charge is -2.28. The number of nitrogens with zero attached hydrogens (tertiary/aromatic N) is 1. The minimum atomic E-state index is 0.153. The lowest BCUT2D eigenvalue weighted by Crippen LogP contribution is -2.34. The Morgan fingerprint density at radius 1 is 1.20 bits per heavy atom. The fourth-order valence-electron chi connectivity index (χ4n) is 4.19. The summed E-state index contributed by atoms with van der Waals surface area (Å²) in [7, 11) is 0. The first-order valence-corrected chi connectivity index (χ1v) is 10.1. The van der Waals surface area contributed by atoms with Crippen LogP contribution in [0.3, 0.4) is 0 Å². The first-order chi connectivity index (χ1) is 12.2. The monoisotopic (exact) mass is 343 g/mol. The van der Waals surface area contributed by atoms with Crippen LogP contribution in [0.2, 0.25) is 0 Å². The number of hydrogen-bond acceptors (Lipinski definition) is 3. The van der Waals surface area contributed by atoms with Crippen LogP contribution in [-0.4, -0.2) is 32.1 Å². The maximum atomic E-state index is 12.6. The minimum Gasteiger partial charge on any atom is -0.370 e. The van der Waals surface area contributed by atoms with E-state index in [0.717, 1.165) is 31.9 Å². The second kappa shape index (κ2) is 9.23. The molecular formula is C21H33N3O. The van der Waals surface area contributed by atoms with Gasteiger partial charge in [0.05, 0.1) is 11.4 Å². The van der Waals surface area contributed by atoms with Crippen molar-refractivity contribution >= 4 is 17.3 Å². The van der Waals surface area contributed by atoms with Gasteiger partial charge in [0.25, 0.3) is 0 Å². The van der Waals surface area contributed by atoms with E-state index in [4.69, 9.17) is 0 Å². The van der Waals surface area contributed by atoms with Crippen LogP contribution >= 0.6 is 0 Å². The van der Waals surface area contributed by atoms with E-state index in [1.165, 1.54) is 44.2 Å². The lowest BCUT2D eigenvalue weighted by atomic mass is 9.85. The Bertz CT molecular complexity index is 546. The number of piperidine rings is 1. The predicted octanol–water partition coefficient (Wildman–Crippen LogP) is 4.03. The minimum absolute atomic E-state index is 0.153. The highest BCUT2D eigenvalue weighted by Gasteiger charge is 2.22. The summed E-state index contributed by atoms with van der Waals surface area (Å²) in [5.41, 5.74) is 2.16. The number of hydrogen-bond donors (Lipinski definition) is 2. The summed E-state index contributed by atoms with van der Waals surface area (Å²) in [6.07, 6.45) is 8.21. The zero-order valence-corrected chi connectivity index (χ0v) is 15.6. The molecule has 2 heterocycles. The lowest BCUT2D eigenvalue weighted by molar-refractivity contribution is -0.117. The summed E-state index contributed by atoms with van der Waals surface area (Å²) in [5, 5.41) is 6.66. The van der Waals surface area contributed by atoms with E-state index in [1.54, 1.807) is 0 Å². The van der Waals surface area contributed by atoms with Crippen LogP contribution in [0.15, 0.2) is 24.3 Å². The predicted molar refractivity (Wildman–Crippen MR) is 105 cm³/mol. The maximum absolute atomic E-state index is 12.6. The van der Waals surface area contributed by atoms with Crippen LogP contribution < -0.4 is 15.5 Å². The molecule has 2 saturated heterocycles. The number of rotatable bonds is 5. The van der Waals surface area contributed by atoms with Crippen molar-refractivity contribution in [1.29, 1.82) is 0 Å². The number of anilines is 2. The van der Waals surface area contributed by atoms with Crippen LogP contribution in [0, 0.1) is 11.8 Å².